The first-order valence-corrected chi connectivity index (χ1v) is 6.64. The molecule has 0 aromatic heterocycles. The highest BCUT2D eigenvalue weighted by Crippen LogP contribution is 2.21. The molecular formula is C14H20O6. The zero-order chi connectivity index (χ0) is 15.0. The smallest absolute Gasteiger partial charge is 0.344 e. The second-order valence-corrected chi connectivity index (χ2v) is 4.68. The summed E-state index contributed by atoms with van der Waals surface area (Å²) in [6.07, 6.45) is 4.59. The highest BCUT2D eigenvalue weighted by molar-refractivity contribution is 5.93. The first-order chi connectivity index (χ1) is 9.52. The van der Waals surface area contributed by atoms with Crippen molar-refractivity contribution in [3.63, 3.8) is 0 Å². The average Bonchev–Trinajstić information content (AvgIpc) is 2.45. The molecule has 6 nitrogen and oxygen atoms in total. The van der Waals surface area contributed by atoms with Gasteiger partial charge in [-0.05, 0) is 25.7 Å². The molecule has 0 amide bonds. The molecule has 0 aromatic carbocycles. The predicted molar refractivity (Wildman–Crippen MR) is 69.7 cm³/mol. The molecule has 0 atom stereocenters. The minimum atomic E-state index is -0.707. The van der Waals surface area contributed by atoms with Crippen molar-refractivity contribution in [2.75, 3.05) is 13.7 Å². The number of carbonyl (C=O) groups excluding carboxylic acids is 3. The topological polar surface area (TPSA) is 78.9 Å². The maximum atomic E-state index is 11.7. The molecular weight excluding hydrogens is 264 g/mol. The lowest BCUT2D eigenvalue weighted by Crippen LogP contribution is -2.23. The van der Waals surface area contributed by atoms with E-state index in [0.29, 0.717) is 0 Å². The van der Waals surface area contributed by atoms with Crippen molar-refractivity contribution in [3.05, 3.63) is 12.2 Å². The molecule has 1 rings (SSSR count). The standard InChI is InChI=1S/C14H20O6/c1-10(8-12(15)19-9-13(16)18-2)14(17)20-11-6-4-3-5-7-11/h11H,1,3-9H2,2H3. The fourth-order valence-corrected chi connectivity index (χ4v) is 1.91. The van der Waals surface area contributed by atoms with Gasteiger partial charge in [-0.3, -0.25) is 4.79 Å². The van der Waals surface area contributed by atoms with Gasteiger partial charge in [0.15, 0.2) is 6.61 Å². The van der Waals surface area contributed by atoms with E-state index < -0.39 is 24.5 Å². The number of ether oxygens (including phenoxy) is 3. The Labute approximate surface area is 118 Å². The van der Waals surface area contributed by atoms with E-state index in [1.165, 1.54) is 7.11 Å². The third kappa shape index (κ3) is 5.86. The van der Waals surface area contributed by atoms with Gasteiger partial charge in [0.2, 0.25) is 0 Å². The Morgan fingerprint density at radius 1 is 1.10 bits per heavy atom. The monoisotopic (exact) mass is 284 g/mol. The Bertz CT molecular complexity index is 381. The third-order valence-electron chi connectivity index (χ3n) is 3.05. The highest BCUT2D eigenvalue weighted by atomic mass is 16.6. The number of carbonyl (C=O) groups is 3. The molecule has 0 aromatic rings. The van der Waals surface area contributed by atoms with Crippen molar-refractivity contribution in [1.82, 2.24) is 0 Å². The van der Waals surface area contributed by atoms with Crippen LogP contribution in [0.25, 0.3) is 0 Å². The first kappa shape index (κ1) is 16.2. The summed E-state index contributed by atoms with van der Waals surface area (Å²) in [7, 11) is 1.19. The molecule has 0 bridgehead atoms. The van der Waals surface area contributed by atoms with Gasteiger partial charge in [0.05, 0.1) is 13.5 Å². The quantitative estimate of drug-likeness (QED) is 0.418. The van der Waals surface area contributed by atoms with E-state index in [0.717, 1.165) is 32.1 Å². The van der Waals surface area contributed by atoms with Gasteiger partial charge in [0.1, 0.15) is 6.10 Å². The Morgan fingerprint density at radius 2 is 1.75 bits per heavy atom. The molecule has 0 aliphatic heterocycles. The van der Waals surface area contributed by atoms with Crippen molar-refractivity contribution in [1.29, 1.82) is 0 Å². The lowest BCUT2D eigenvalue weighted by atomic mass is 9.98. The van der Waals surface area contributed by atoms with Gasteiger partial charge < -0.3 is 14.2 Å². The molecule has 0 heterocycles. The van der Waals surface area contributed by atoms with E-state index in [4.69, 9.17) is 4.74 Å². The highest BCUT2D eigenvalue weighted by Gasteiger charge is 2.21. The van der Waals surface area contributed by atoms with Gasteiger partial charge in [-0.2, -0.15) is 0 Å². The number of esters is 3. The van der Waals surface area contributed by atoms with Crippen LogP contribution >= 0.6 is 0 Å². The van der Waals surface area contributed by atoms with Crippen LogP contribution in [0, 0.1) is 0 Å². The van der Waals surface area contributed by atoms with Crippen molar-refractivity contribution in [2.24, 2.45) is 0 Å². The second kappa shape index (κ2) is 8.35. The van der Waals surface area contributed by atoms with Crippen molar-refractivity contribution in [3.8, 4) is 0 Å². The van der Waals surface area contributed by atoms with Crippen LogP contribution in [0.1, 0.15) is 38.5 Å². The summed E-state index contributed by atoms with van der Waals surface area (Å²) in [5.41, 5.74) is 0.0328. The molecule has 0 saturated heterocycles. The number of hydrogen-bond donors (Lipinski definition) is 0. The van der Waals surface area contributed by atoms with E-state index in [1.807, 2.05) is 0 Å². The molecule has 1 aliphatic rings. The number of methoxy groups -OCH3 is 1. The van der Waals surface area contributed by atoms with Gasteiger partial charge in [0.25, 0.3) is 0 Å². The average molecular weight is 284 g/mol. The molecule has 112 valence electrons. The predicted octanol–water partition coefficient (Wildman–Crippen LogP) is 1.52. The van der Waals surface area contributed by atoms with Crippen molar-refractivity contribution < 1.29 is 28.6 Å². The van der Waals surface area contributed by atoms with Gasteiger partial charge in [-0.1, -0.05) is 13.0 Å². The van der Waals surface area contributed by atoms with Crippen LogP contribution in [0.3, 0.4) is 0 Å². The minimum Gasteiger partial charge on any atom is -0.466 e. The SMILES string of the molecule is C=C(CC(=O)OCC(=O)OC)C(=O)OC1CCCCC1. The molecule has 0 radical (unpaired) electrons. The summed E-state index contributed by atoms with van der Waals surface area (Å²) >= 11 is 0. The Balaban J connectivity index is 2.28. The van der Waals surface area contributed by atoms with E-state index in [9.17, 15) is 14.4 Å². The van der Waals surface area contributed by atoms with Crippen LogP contribution in [0.15, 0.2) is 12.2 Å². The summed E-state index contributed by atoms with van der Waals surface area (Å²) in [6.45, 7) is 3.04. The van der Waals surface area contributed by atoms with Gasteiger partial charge in [0, 0.05) is 5.57 Å². The molecule has 6 heteroatoms. The summed E-state index contributed by atoms with van der Waals surface area (Å²) in [5, 5.41) is 0. The van der Waals surface area contributed by atoms with Crippen LogP contribution in [-0.4, -0.2) is 37.7 Å². The van der Waals surface area contributed by atoms with Crippen LogP contribution in [0.2, 0.25) is 0 Å². The normalized spacial score (nSPS) is 15.2. The minimum absolute atomic E-state index is 0.0328. The Morgan fingerprint density at radius 3 is 2.35 bits per heavy atom. The summed E-state index contributed by atoms with van der Waals surface area (Å²) in [4.78, 5) is 33.9. The summed E-state index contributed by atoms with van der Waals surface area (Å²) in [6, 6.07) is 0. The Hall–Kier alpha value is -1.85. The van der Waals surface area contributed by atoms with E-state index in [2.05, 4.69) is 16.1 Å². The molecule has 0 unspecified atom stereocenters. The van der Waals surface area contributed by atoms with Gasteiger partial charge >= 0.3 is 17.9 Å². The largest absolute Gasteiger partial charge is 0.466 e. The lowest BCUT2D eigenvalue weighted by molar-refractivity contribution is -0.157. The van der Waals surface area contributed by atoms with Crippen LogP contribution in [0.5, 0.6) is 0 Å². The lowest BCUT2D eigenvalue weighted by Gasteiger charge is -2.22. The number of hydrogen-bond acceptors (Lipinski definition) is 6. The van der Waals surface area contributed by atoms with Crippen LogP contribution in [-0.2, 0) is 28.6 Å². The molecule has 1 aliphatic carbocycles. The van der Waals surface area contributed by atoms with Crippen molar-refractivity contribution in [2.45, 2.75) is 44.6 Å². The van der Waals surface area contributed by atoms with Crippen LogP contribution < -0.4 is 0 Å². The fourth-order valence-electron chi connectivity index (χ4n) is 1.91. The molecule has 0 N–H and O–H groups in total. The number of rotatable bonds is 6. The fraction of sp³-hybridized carbons (Fsp3) is 0.643. The van der Waals surface area contributed by atoms with Crippen LogP contribution in [0.4, 0.5) is 0 Å². The summed E-state index contributed by atoms with van der Waals surface area (Å²) in [5.74, 6) is -1.94. The van der Waals surface area contributed by atoms with E-state index in [1.54, 1.807) is 0 Å². The molecule has 0 spiro atoms. The zero-order valence-corrected chi connectivity index (χ0v) is 11.7. The van der Waals surface area contributed by atoms with E-state index in [-0.39, 0.29) is 18.1 Å². The van der Waals surface area contributed by atoms with E-state index >= 15 is 0 Å². The second-order valence-electron chi connectivity index (χ2n) is 4.68. The zero-order valence-electron chi connectivity index (χ0n) is 11.7. The molecule has 1 saturated carbocycles. The third-order valence-corrected chi connectivity index (χ3v) is 3.05. The van der Waals surface area contributed by atoms with Gasteiger partial charge in [-0.15, -0.1) is 0 Å². The summed E-state index contributed by atoms with van der Waals surface area (Å²) < 4.78 is 14.2. The Kier molecular flexibility index (Phi) is 6.76. The maximum Gasteiger partial charge on any atom is 0.344 e. The molecule has 20 heavy (non-hydrogen) atoms. The maximum absolute atomic E-state index is 11.7. The molecule has 1 fully saturated rings. The van der Waals surface area contributed by atoms with Crippen molar-refractivity contribution >= 4 is 17.9 Å². The first-order valence-electron chi connectivity index (χ1n) is 6.64. The van der Waals surface area contributed by atoms with Gasteiger partial charge in [-0.25, -0.2) is 9.59 Å².